The van der Waals surface area contributed by atoms with E-state index in [1.807, 2.05) is 67.6 Å². The van der Waals surface area contributed by atoms with Gasteiger partial charge in [0.25, 0.3) is 0 Å². The van der Waals surface area contributed by atoms with Gasteiger partial charge in [0.2, 0.25) is 0 Å². The first-order chi connectivity index (χ1) is 16.7. The standard InChI is InChI=1S/C31H23NO2/c1-20-24-18-26-27(19-28(24)34-31(33)25(20)17-21-11-5-2-6-12-21)32-30(23-15-9-4-10-16-23)29(26)22-13-7-3-8-14-22/h2-16,18-19,32H,17H2,1H3. The van der Waals surface area contributed by atoms with Crippen molar-refractivity contribution >= 4 is 21.9 Å². The highest BCUT2D eigenvalue weighted by Crippen LogP contribution is 2.40. The van der Waals surface area contributed by atoms with Gasteiger partial charge in [-0.3, -0.25) is 0 Å². The topological polar surface area (TPSA) is 46.0 Å². The minimum Gasteiger partial charge on any atom is -0.422 e. The van der Waals surface area contributed by atoms with Gasteiger partial charge in [0.05, 0.1) is 11.2 Å². The van der Waals surface area contributed by atoms with Crippen LogP contribution in [0.25, 0.3) is 44.3 Å². The molecule has 0 spiro atoms. The average molecular weight is 442 g/mol. The molecule has 3 heteroatoms. The Bertz CT molecular complexity index is 1680. The van der Waals surface area contributed by atoms with Gasteiger partial charge >= 0.3 is 5.63 Å². The molecule has 4 aromatic carbocycles. The summed E-state index contributed by atoms with van der Waals surface area (Å²) in [6.07, 6.45) is 0.553. The first kappa shape index (κ1) is 20.3. The monoisotopic (exact) mass is 441 g/mol. The van der Waals surface area contributed by atoms with E-state index in [2.05, 4.69) is 47.4 Å². The Labute approximate surface area is 197 Å². The van der Waals surface area contributed by atoms with Gasteiger partial charge in [-0.2, -0.15) is 0 Å². The Kier molecular flexibility index (Phi) is 4.88. The van der Waals surface area contributed by atoms with E-state index in [0.29, 0.717) is 17.6 Å². The molecule has 2 aromatic heterocycles. The summed E-state index contributed by atoms with van der Waals surface area (Å²) < 4.78 is 5.84. The Morgan fingerprint density at radius 1 is 0.735 bits per heavy atom. The van der Waals surface area contributed by atoms with Crippen LogP contribution in [0.15, 0.2) is 112 Å². The van der Waals surface area contributed by atoms with Crippen LogP contribution in [0.3, 0.4) is 0 Å². The molecule has 0 fully saturated rings. The van der Waals surface area contributed by atoms with Gasteiger partial charge < -0.3 is 9.40 Å². The third kappa shape index (κ3) is 3.43. The second-order valence-electron chi connectivity index (χ2n) is 8.66. The normalized spacial score (nSPS) is 11.3. The third-order valence-corrected chi connectivity index (χ3v) is 6.55. The molecule has 0 aliphatic rings. The van der Waals surface area contributed by atoms with Crippen LogP contribution in [0.5, 0.6) is 0 Å². The van der Waals surface area contributed by atoms with Crippen LogP contribution in [0.4, 0.5) is 0 Å². The fourth-order valence-corrected chi connectivity index (χ4v) is 4.81. The van der Waals surface area contributed by atoms with Crippen LogP contribution in [-0.4, -0.2) is 4.98 Å². The highest BCUT2D eigenvalue weighted by molar-refractivity contribution is 6.08. The lowest BCUT2D eigenvalue weighted by Crippen LogP contribution is -2.10. The lowest BCUT2D eigenvalue weighted by Gasteiger charge is -2.09. The molecule has 0 aliphatic carbocycles. The predicted octanol–water partition coefficient (Wildman–Crippen LogP) is 7.51. The number of aromatic amines is 1. The van der Waals surface area contributed by atoms with Gasteiger partial charge in [0, 0.05) is 34.4 Å². The molecule has 0 atom stereocenters. The van der Waals surface area contributed by atoms with Crippen molar-refractivity contribution in [1.29, 1.82) is 0 Å². The van der Waals surface area contributed by atoms with Crippen molar-refractivity contribution in [2.45, 2.75) is 13.3 Å². The number of hydrogen-bond donors (Lipinski definition) is 1. The third-order valence-electron chi connectivity index (χ3n) is 6.55. The number of fused-ring (bicyclic) bond motifs is 2. The summed E-state index contributed by atoms with van der Waals surface area (Å²) in [6.45, 7) is 2.02. The van der Waals surface area contributed by atoms with E-state index in [-0.39, 0.29) is 5.63 Å². The molecule has 164 valence electrons. The van der Waals surface area contributed by atoms with Crippen molar-refractivity contribution in [3.8, 4) is 22.4 Å². The Balaban J connectivity index is 1.63. The Morgan fingerprint density at radius 3 is 2.03 bits per heavy atom. The van der Waals surface area contributed by atoms with E-state index < -0.39 is 0 Å². The van der Waals surface area contributed by atoms with Crippen LogP contribution in [0.2, 0.25) is 0 Å². The molecule has 34 heavy (non-hydrogen) atoms. The number of nitrogens with one attached hydrogen (secondary N) is 1. The maximum Gasteiger partial charge on any atom is 0.340 e. The summed E-state index contributed by atoms with van der Waals surface area (Å²) in [5, 5.41) is 2.08. The molecule has 0 radical (unpaired) electrons. The Hall–Kier alpha value is -4.37. The van der Waals surface area contributed by atoms with Gasteiger partial charge in [0.1, 0.15) is 5.58 Å². The fraction of sp³-hybridized carbons (Fsp3) is 0.0645. The molecule has 0 unspecified atom stereocenters. The van der Waals surface area contributed by atoms with Crippen LogP contribution in [-0.2, 0) is 6.42 Å². The molecule has 0 saturated carbocycles. The van der Waals surface area contributed by atoms with Crippen LogP contribution in [0.1, 0.15) is 16.7 Å². The average Bonchev–Trinajstić information content (AvgIpc) is 3.26. The fourth-order valence-electron chi connectivity index (χ4n) is 4.81. The predicted molar refractivity (Wildman–Crippen MR) is 139 cm³/mol. The molecular formula is C31H23NO2. The summed E-state index contributed by atoms with van der Waals surface area (Å²) in [4.78, 5) is 16.5. The van der Waals surface area contributed by atoms with Crippen LogP contribution < -0.4 is 5.63 Å². The van der Waals surface area contributed by atoms with Crippen molar-refractivity contribution < 1.29 is 4.42 Å². The summed E-state index contributed by atoms with van der Waals surface area (Å²) in [6, 6.07) is 35.0. The number of aromatic nitrogens is 1. The molecule has 0 bridgehead atoms. The van der Waals surface area contributed by atoms with Crippen molar-refractivity contribution in [3.63, 3.8) is 0 Å². The van der Waals surface area contributed by atoms with Crippen molar-refractivity contribution in [3.05, 3.63) is 130 Å². The number of rotatable bonds is 4. The number of hydrogen-bond acceptors (Lipinski definition) is 2. The second-order valence-corrected chi connectivity index (χ2v) is 8.66. The minimum absolute atomic E-state index is 0.272. The highest BCUT2D eigenvalue weighted by Gasteiger charge is 2.19. The molecule has 6 aromatic rings. The SMILES string of the molecule is Cc1c(Cc2ccccc2)c(=O)oc2cc3[nH]c(-c4ccccc4)c(-c4ccccc4)c3cc12. The summed E-state index contributed by atoms with van der Waals surface area (Å²) in [5.74, 6) is 0. The number of H-pyrrole nitrogens is 1. The maximum atomic E-state index is 12.9. The van der Waals surface area contributed by atoms with Crippen molar-refractivity contribution in [1.82, 2.24) is 4.98 Å². The highest BCUT2D eigenvalue weighted by atomic mass is 16.4. The molecule has 6 rings (SSSR count). The van der Waals surface area contributed by atoms with Crippen molar-refractivity contribution in [2.24, 2.45) is 0 Å². The molecule has 3 nitrogen and oxygen atoms in total. The largest absolute Gasteiger partial charge is 0.422 e. The lowest BCUT2D eigenvalue weighted by molar-refractivity contribution is 0.551. The van der Waals surface area contributed by atoms with Gasteiger partial charge in [-0.15, -0.1) is 0 Å². The van der Waals surface area contributed by atoms with Gasteiger partial charge in [-0.05, 0) is 35.2 Å². The second kappa shape index (κ2) is 8.20. The summed E-state index contributed by atoms with van der Waals surface area (Å²) in [7, 11) is 0. The number of benzene rings is 4. The molecular weight excluding hydrogens is 418 g/mol. The van der Waals surface area contributed by atoms with Crippen LogP contribution >= 0.6 is 0 Å². The molecule has 0 amide bonds. The van der Waals surface area contributed by atoms with E-state index in [4.69, 9.17) is 4.42 Å². The first-order valence-electron chi connectivity index (χ1n) is 11.5. The van der Waals surface area contributed by atoms with E-state index in [1.165, 1.54) is 0 Å². The zero-order valence-electron chi connectivity index (χ0n) is 18.8. The number of aryl methyl sites for hydroxylation is 1. The van der Waals surface area contributed by atoms with Crippen LogP contribution in [0, 0.1) is 6.92 Å². The zero-order chi connectivity index (χ0) is 23.1. The summed E-state index contributed by atoms with van der Waals surface area (Å²) >= 11 is 0. The first-order valence-corrected chi connectivity index (χ1v) is 11.5. The quantitative estimate of drug-likeness (QED) is 0.288. The van der Waals surface area contributed by atoms with E-state index in [9.17, 15) is 4.79 Å². The minimum atomic E-state index is -0.272. The smallest absolute Gasteiger partial charge is 0.340 e. The summed E-state index contributed by atoms with van der Waals surface area (Å²) in [5.41, 5.74) is 8.52. The van der Waals surface area contributed by atoms with E-state index in [1.54, 1.807) is 0 Å². The molecule has 0 aliphatic heterocycles. The van der Waals surface area contributed by atoms with Gasteiger partial charge in [-0.25, -0.2) is 4.79 Å². The van der Waals surface area contributed by atoms with Gasteiger partial charge in [-0.1, -0.05) is 91.0 Å². The van der Waals surface area contributed by atoms with E-state index >= 15 is 0 Å². The van der Waals surface area contributed by atoms with Crippen molar-refractivity contribution in [2.75, 3.05) is 0 Å². The zero-order valence-corrected chi connectivity index (χ0v) is 18.8. The van der Waals surface area contributed by atoms with Gasteiger partial charge in [0.15, 0.2) is 0 Å². The Morgan fingerprint density at radius 2 is 1.35 bits per heavy atom. The molecule has 0 saturated heterocycles. The molecule has 2 heterocycles. The molecule has 1 N–H and O–H groups in total. The van der Waals surface area contributed by atoms with E-state index in [0.717, 1.165) is 49.8 Å². The lowest BCUT2D eigenvalue weighted by atomic mass is 9.95. The maximum absolute atomic E-state index is 12.9.